The zero-order chi connectivity index (χ0) is 18.7. The van der Waals surface area contributed by atoms with E-state index in [1.165, 1.54) is 7.11 Å². The summed E-state index contributed by atoms with van der Waals surface area (Å²) in [7, 11) is 1.31. The van der Waals surface area contributed by atoms with Crippen molar-refractivity contribution in [3.05, 3.63) is 59.1 Å². The highest BCUT2D eigenvalue weighted by molar-refractivity contribution is 6.31. The van der Waals surface area contributed by atoms with Crippen LogP contribution in [0.15, 0.2) is 48.5 Å². The van der Waals surface area contributed by atoms with E-state index in [9.17, 15) is 14.4 Å². The predicted molar refractivity (Wildman–Crippen MR) is 98.3 cm³/mol. The Hall–Kier alpha value is -2.86. The van der Waals surface area contributed by atoms with Crippen molar-refractivity contribution in [2.75, 3.05) is 23.9 Å². The second kappa shape index (κ2) is 7.58. The van der Waals surface area contributed by atoms with Crippen molar-refractivity contribution in [1.82, 2.24) is 0 Å². The van der Waals surface area contributed by atoms with Gasteiger partial charge < -0.3 is 15.0 Å². The molecular weight excluding hydrogens is 356 g/mol. The van der Waals surface area contributed by atoms with Gasteiger partial charge in [0.1, 0.15) is 0 Å². The van der Waals surface area contributed by atoms with Crippen molar-refractivity contribution in [3.63, 3.8) is 0 Å². The third-order valence-corrected chi connectivity index (χ3v) is 4.42. The lowest BCUT2D eigenvalue weighted by Gasteiger charge is -2.17. The highest BCUT2D eigenvalue weighted by atomic mass is 35.5. The number of nitrogens with zero attached hydrogens (tertiary/aromatic N) is 1. The highest BCUT2D eigenvalue weighted by Gasteiger charge is 2.35. The number of benzene rings is 2. The number of hydrogen-bond acceptors (Lipinski definition) is 4. The lowest BCUT2D eigenvalue weighted by atomic mass is 10.1. The van der Waals surface area contributed by atoms with Gasteiger partial charge >= 0.3 is 5.97 Å². The number of anilines is 2. The van der Waals surface area contributed by atoms with Gasteiger partial charge in [0.2, 0.25) is 11.8 Å². The average molecular weight is 373 g/mol. The second-order valence-corrected chi connectivity index (χ2v) is 6.38. The maximum absolute atomic E-state index is 12.5. The first-order valence-corrected chi connectivity index (χ1v) is 8.41. The number of amides is 2. The fourth-order valence-corrected chi connectivity index (χ4v) is 3.01. The number of ether oxygens (including phenoxy) is 1. The molecule has 0 spiro atoms. The Morgan fingerprint density at radius 1 is 1.19 bits per heavy atom. The lowest BCUT2D eigenvalue weighted by Crippen LogP contribution is -2.28. The molecule has 3 rings (SSSR count). The molecule has 2 amide bonds. The van der Waals surface area contributed by atoms with Crippen molar-refractivity contribution in [2.24, 2.45) is 5.92 Å². The fraction of sp³-hybridized carbons (Fsp3) is 0.211. The Morgan fingerprint density at radius 2 is 1.92 bits per heavy atom. The van der Waals surface area contributed by atoms with Gasteiger partial charge in [0.15, 0.2) is 0 Å². The largest absolute Gasteiger partial charge is 0.465 e. The van der Waals surface area contributed by atoms with Crippen LogP contribution in [0.5, 0.6) is 0 Å². The minimum Gasteiger partial charge on any atom is -0.465 e. The maximum Gasteiger partial charge on any atom is 0.337 e. The molecule has 1 N–H and O–H groups in total. The van der Waals surface area contributed by atoms with Gasteiger partial charge in [-0.15, -0.1) is 0 Å². The molecule has 1 aliphatic rings. The van der Waals surface area contributed by atoms with Gasteiger partial charge in [0, 0.05) is 29.4 Å². The van der Waals surface area contributed by atoms with E-state index in [0.29, 0.717) is 28.5 Å². The van der Waals surface area contributed by atoms with Gasteiger partial charge in [0.05, 0.1) is 18.6 Å². The summed E-state index contributed by atoms with van der Waals surface area (Å²) in [6.45, 7) is 0.297. The maximum atomic E-state index is 12.5. The van der Waals surface area contributed by atoms with E-state index in [-0.39, 0.29) is 18.2 Å². The second-order valence-electron chi connectivity index (χ2n) is 5.94. The monoisotopic (exact) mass is 372 g/mol. The molecule has 1 fully saturated rings. The van der Waals surface area contributed by atoms with Crippen LogP contribution in [0.2, 0.25) is 5.02 Å². The SMILES string of the molecule is COC(=O)c1ccc(NC(=O)[C@H]2CC(=O)N(c3cccc(Cl)c3)C2)cc1. The van der Waals surface area contributed by atoms with Gasteiger partial charge in [-0.1, -0.05) is 17.7 Å². The molecule has 134 valence electrons. The van der Waals surface area contributed by atoms with Crippen LogP contribution in [0.1, 0.15) is 16.8 Å². The minimum atomic E-state index is -0.457. The normalized spacial score (nSPS) is 16.5. The lowest BCUT2D eigenvalue weighted by molar-refractivity contribution is -0.122. The average Bonchev–Trinajstić information content (AvgIpc) is 3.03. The number of rotatable bonds is 4. The zero-order valence-electron chi connectivity index (χ0n) is 14.1. The van der Waals surface area contributed by atoms with Crippen molar-refractivity contribution in [3.8, 4) is 0 Å². The quantitative estimate of drug-likeness (QED) is 0.837. The van der Waals surface area contributed by atoms with E-state index < -0.39 is 11.9 Å². The molecule has 1 atom stereocenters. The molecule has 0 radical (unpaired) electrons. The molecule has 1 aliphatic heterocycles. The van der Waals surface area contributed by atoms with Gasteiger partial charge in [-0.25, -0.2) is 4.79 Å². The molecule has 1 heterocycles. The third-order valence-electron chi connectivity index (χ3n) is 4.19. The smallest absolute Gasteiger partial charge is 0.337 e. The molecular formula is C19H17ClN2O4. The summed E-state index contributed by atoms with van der Waals surface area (Å²) in [5.74, 6) is -1.26. The van der Waals surface area contributed by atoms with Crippen LogP contribution in [0, 0.1) is 5.92 Å². The van der Waals surface area contributed by atoms with Crippen LogP contribution in [0.4, 0.5) is 11.4 Å². The summed E-state index contributed by atoms with van der Waals surface area (Å²) in [5, 5.41) is 3.31. The van der Waals surface area contributed by atoms with E-state index in [2.05, 4.69) is 10.1 Å². The highest BCUT2D eigenvalue weighted by Crippen LogP contribution is 2.27. The minimum absolute atomic E-state index is 0.117. The molecule has 7 heteroatoms. The molecule has 0 bridgehead atoms. The van der Waals surface area contributed by atoms with E-state index in [1.54, 1.807) is 53.4 Å². The molecule has 0 unspecified atom stereocenters. The summed E-state index contributed by atoms with van der Waals surface area (Å²) in [6.07, 6.45) is 0.137. The molecule has 1 saturated heterocycles. The Morgan fingerprint density at radius 3 is 2.58 bits per heavy atom. The van der Waals surface area contributed by atoms with Gasteiger partial charge in [-0.3, -0.25) is 9.59 Å². The number of esters is 1. The first kappa shape index (κ1) is 17.9. The number of carbonyl (C=O) groups is 3. The Labute approximate surface area is 155 Å². The summed E-state index contributed by atoms with van der Waals surface area (Å²) < 4.78 is 4.63. The number of carbonyl (C=O) groups excluding carboxylic acids is 3. The van der Waals surface area contributed by atoms with Gasteiger partial charge in [-0.05, 0) is 42.5 Å². The van der Waals surface area contributed by atoms with Gasteiger partial charge in [0.25, 0.3) is 0 Å². The number of methoxy groups -OCH3 is 1. The Bertz CT molecular complexity index is 851. The van der Waals surface area contributed by atoms with Crippen LogP contribution in [-0.2, 0) is 14.3 Å². The Balaban J connectivity index is 1.65. The molecule has 2 aromatic rings. The van der Waals surface area contributed by atoms with Crippen LogP contribution in [0.25, 0.3) is 0 Å². The van der Waals surface area contributed by atoms with Crippen molar-refractivity contribution in [2.45, 2.75) is 6.42 Å². The van der Waals surface area contributed by atoms with E-state index in [1.807, 2.05) is 0 Å². The van der Waals surface area contributed by atoms with Crippen LogP contribution < -0.4 is 10.2 Å². The molecule has 26 heavy (non-hydrogen) atoms. The van der Waals surface area contributed by atoms with Crippen LogP contribution in [-0.4, -0.2) is 31.4 Å². The molecule has 0 saturated carbocycles. The predicted octanol–water partition coefficient (Wildman–Crippen LogP) is 3.12. The summed E-state index contributed by atoms with van der Waals surface area (Å²) in [6, 6.07) is 13.4. The van der Waals surface area contributed by atoms with Crippen molar-refractivity contribution < 1.29 is 19.1 Å². The Kier molecular flexibility index (Phi) is 5.23. The summed E-state index contributed by atoms with van der Waals surface area (Å²) in [4.78, 5) is 37.7. The number of halogens is 1. The van der Waals surface area contributed by atoms with E-state index in [0.717, 1.165) is 0 Å². The molecule has 2 aromatic carbocycles. The zero-order valence-corrected chi connectivity index (χ0v) is 14.8. The molecule has 0 aromatic heterocycles. The van der Waals surface area contributed by atoms with Crippen molar-refractivity contribution in [1.29, 1.82) is 0 Å². The third kappa shape index (κ3) is 3.86. The first-order valence-electron chi connectivity index (χ1n) is 8.03. The standard InChI is InChI=1S/C19H17ClN2O4/c1-26-19(25)12-5-7-15(8-6-12)21-18(24)13-9-17(23)22(11-13)16-4-2-3-14(20)10-16/h2-8,10,13H,9,11H2,1H3,(H,21,24)/t13-/m0/s1. The molecule has 6 nitrogen and oxygen atoms in total. The van der Waals surface area contributed by atoms with Crippen molar-refractivity contribution >= 4 is 40.8 Å². The summed E-state index contributed by atoms with van der Waals surface area (Å²) in [5.41, 5.74) is 1.63. The topological polar surface area (TPSA) is 75.7 Å². The van der Waals surface area contributed by atoms with Crippen LogP contribution in [0.3, 0.4) is 0 Å². The number of hydrogen-bond donors (Lipinski definition) is 1. The molecule has 0 aliphatic carbocycles. The van der Waals surface area contributed by atoms with Gasteiger partial charge in [-0.2, -0.15) is 0 Å². The van der Waals surface area contributed by atoms with E-state index >= 15 is 0 Å². The number of nitrogens with one attached hydrogen (secondary N) is 1. The first-order chi connectivity index (χ1) is 12.5. The van der Waals surface area contributed by atoms with Crippen LogP contribution >= 0.6 is 11.6 Å². The fourth-order valence-electron chi connectivity index (χ4n) is 2.83. The van der Waals surface area contributed by atoms with E-state index in [4.69, 9.17) is 11.6 Å². The summed E-state index contributed by atoms with van der Waals surface area (Å²) >= 11 is 5.97.